The summed E-state index contributed by atoms with van der Waals surface area (Å²) >= 11 is 0. The Labute approximate surface area is 201 Å². The first kappa shape index (κ1) is 22.4. The van der Waals surface area contributed by atoms with Crippen molar-refractivity contribution in [3.63, 3.8) is 0 Å². The first-order valence-corrected chi connectivity index (χ1v) is 11.4. The van der Waals surface area contributed by atoms with Gasteiger partial charge in [-0.05, 0) is 31.9 Å². The molecule has 1 amide bonds. The molecule has 0 aliphatic carbocycles. The van der Waals surface area contributed by atoms with Crippen LogP contribution in [0.15, 0.2) is 71.4 Å². The van der Waals surface area contributed by atoms with Crippen LogP contribution in [0.1, 0.15) is 52.4 Å². The summed E-state index contributed by atoms with van der Waals surface area (Å²) in [7, 11) is 0. The number of hydrogen-bond acceptors (Lipinski definition) is 7. The summed E-state index contributed by atoms with van der Waals surface area (Å²) in [4.78, 5) is 33.9. The third kappa shape index (κ3) is 4.28. The van der Waals surface area contributed by atoms with Crippen LogP contribution in [0.3, 0.4) is 0 Å². The van der Waals surface area contributed by atoms with Gasteiger partial charge < -0.3 is 14.7 Å². The molecule has 5 rings (SSSR count). The largest absolute Gasteiger partial charge is 0.440 e. The molecular formula is C26H24N6O3. The predicted octanol–water partition coefficient (Wildman–Crippen LogP) is 4.16. The Bertz CT molecular complexity index is 1360. The van der Waals surface area contributed by atoms with E-state index in [0.29, 0.717) is 35.0 Å². The summed E-state index contributed by atoms with van der Waals surface area (Å²) in [5.74, 6) is -0.0706. The van der Waals surface area contributed by atoms with E-state index < -0.39 is 5.78 Å². The highest BCUT2D eigenvalue weighted by molar-refractivity contribution is 6.34. The topological polar surface area (TPSA) is 118 Å². The van der Waals surface area contributed by atoms with Crippen LogP contribution in [0, 0.1) is 5.41 Å². The highest BCUT2D eigenvalue weighted by atomic mass is 16.4. The number of likely N-dealkylation sites (tertiary alicyclic amines) is 1. The monoisotopic (exact) mass is 468 g/mol. The second-order valence-corrected chi connectivity index (χ2v) is 8.52. The third-order valence-corrected chi connectivity index (χ3v) is 6.30. The fraction of sp³-hybridized carbons (Fsp3) is 0.231. The molecule has 9 nitrogen and oxygen atoms in total. The minimum Gasteiger partial charge on any atom is -0.440 e. The van der Waals surface area contributed by atoms with Gasteiger partial charge in [0.2, 0.25) is 11.7 Å². The maximum absolute atomic E-state index is 13.7. The lowest BCUT2D eigenvalue weighted by Crippen LogP contribution is -2.45. The van der Waals surface area contributed by atoms with Crippen molar-refractivity contribution in [3.05, 3.63) is 84.1 Å². The average molecular weight is 469 g/mol. The van der Waals surface area contributed by atoms with Crippen molar-refractivity contribution in [3.8, 4) is 17.0 Å². The number of oxazole rings is 1. The quantitative estimate of drug-likeness (QED) is 0.335. The van der Waals surface area contributed by atoms with Gasteiger partial charge in [-0.25, -0.2) is 4.98 Å². The highest BCUT2D eigenvalue weighted by Crippen LogP contribution is 2.35. The van der Waals surface area contributed by atoms with E-state index in [1.807, 2.05) is 60.4 Å². The molecule has 9 heteroatoms. The number of hydrogen-bond donors (Lipinski definition) is 1. The van der Waals surface area contributed by atoms with Gasteiger partial charge in [0, 0.05) is 18.2 Å². The zero-order valence-electron chi connectivity index (χ0n) is 19.2. The van der Waals surface area contributed by atoms with E-state index in [1.54, 1.807) is 18.5 Å². The zero-order chi connectivity index (χ0) is 24.4. The van der Waals surface area contributed by atoms with Crippen molar-refractivity contribution in [1.82, 2.24) is 24.9 Å². The van der Waals surface area contributed by atoms with Crippen LogP contribution in [0.4, 0.5) is 0 Å². The Hall–Kier alpha value is -4.40. The molecule has 2 aromatic heterocycles. The van der Waals surface area contributed by atoms with Crippen molar-refractivity contribution in [2.24, 2.45) is 0 Å². The number of Topliss-reactive ketones (excluding diaryl/α,β-unsaturated/α-hetero) is 1. The zero-order valence-corrected chi connectivity index (χ0v) is 19.2. The number of nitrogens with one attached hydrogen (secondary N) is 1. The summed E-state index contributed by atoms with van der Waals surface area (Å²) in [6, 6.07) is 16.5. The van der Waals surface area contributed by atoms with Gasteiger partial charge in [-0.15, -0.1) is 0 Å². The number of carbonyl (C=O) groups is 2. The van der Waals surface area contributed by atoms with E-state index in [9.17, 15) is 9.59 Å². The molecule has 0 unspecified atom stereocenters. The van der Waals surface area contributed by atoms with E-state index in [-0.39, 0.29) is 23.6 Å². The Balaban J connectivity index is 1.47. The molecule has 35 heavy (non-hydrogen) atoms. The number of ketones is 1. The maximum atomic E-state index is 13.7. The molecule has 3 heterocycles. The van der Waals surface area contributed by atoms with E-state index in [2.05, 4.69) is 15.2 Å². The molecule has 1 N–H and O–H groups in total. The first-order chi connectivity index (χ1) is 17.1. The highest BCUT2D eigenvalue weighted by Gasteiger charge is 2.35. The number of para-hydroxylation sites is 1. The lowest BCUT2D eigenvalue weighted by Gasteiger charge is -2.37. The lowest BCUT2D eigenvalue weighted by molar-refractivity contribution is 0.0596. The van der Waals surface area contributed by atoms with Gasteiger partial charge in [-0.1, -0.05) is 42.5 Å². The number of aromatic nitrogens is 4. The summed E-state index contributed by atoms with van der Waals surface area (Å²) in [5.41, 5.74) is 1.95. The van der Waals surface area contributed by atoms with Crippen molar-refractivity contribution < 1.29 is 14.0 Å². The van der Waals surface area contributed by atoms with Gasteiger partial charge in [0.15, 0.2) is 11.5 Å². The van der Waals surface area contributed by atoms with Gasteiger partial charge in [0.05, 0.1) is 35.8 Å². The van der Waals surface area contributed by atoms with E-state index >= 15 is 0 Å². The van der Waals surface area contributed by atoms with Crippen molar-refractivity contribution in [2.75, 3.05) is 6.54 Å². The van der Waals surface area contributed by atoms with Gasteiger partial charge in [-0.3, -0.25) is 9.59 Å². The Morgan fingerprint density at radius 2 is 1.74 bits per heavy atom. The minimum atomic E-state index is -0.517. The number of rotatable bonds is 6. The standard InChI is InChI=1S/C26H24N6O3/c1-17-11-12-19(25-30-23(22(33)15-27)24(35-25)18-7-3-2-4-8-18)16-31(17)26(34)20-9-5-6-10-21(20)32-28-13-14-29-32/h2-10,13-15,17,19,27H,11-12,16H2,1H3/t17-,19-/m1/s1. The van der Waals surface area contributed by atoms with Crippen molar-refractivity contribution in [2.45, 2.75) is 31.7 Å². The Kier molecular flexibility index (Phi) is 6.05. The minimum absolute atomic E-state index is 0.0172. The summed E-state index contributed by atoms with van der Waals surface area (Å²) in [6.07, 6.45) is 5.41. The lowest BCUT2D eigenvalue weighted by atomic mass is 9.92. The molecule has 176 valence electrons. The Morgan fingerprint density at radius 1 is 1.03 bits per heavy atom. The second-order valence-electron chi connectivity index (χ2n) is 8.52. The molecule has 2 atom stereocenters. The number of piperidine rings is 1. The molecule has 4 aromatic rings. The van der Waals surface area contributed by atoms with Crippen molar-refractivity contribution >= 4 is 17.9 Å². The average Bonchev–Trinajstić information content (AvgIpc) is 3.60. The van der Waals surface area contributed by atoms with Crippen LogP contribution < -0.4 is 0 Å². The molecule has 1 aliphatic rings. The number of amides is 1. The molecule has 0 bridgehead atoms. The maximum Gasteiger partial charge on any atom is 0.256 e. The van der Waals surface area contributed by atoms with E-state index in [0.717, 1.165) is 19.1 Å². The van der Waals surface area contributed by atoms with Crippen LogP contribution in [-0.4, -0.2) is 55.4 Å². The van der Waals surface area contributed by atoms with Gasteiger partial charge in [0.25, 0.3) is 5.91 Å². The van der Waals surface area contributed by atoms with Crippen LogP contribution >= 0.6 is 0 Å². The summed E-state index contributed by atoms with van der Waals surface area (Å²) in [6.45, 7) is 2.42. The third-order valence-electron chi connectivity index (χ3n) is 6.30. The molecule has 1 aliphatic heterocycles. The molecule has 1 saturated heterocycles. The fourth-order valence-corrected chi connectivity index (χ4v) is 4.45. The van der Waals surface area contributed by atoms with Gasteiger partial charge in [0.1, 0.15) is 0 Å². The molecule has 0 saturated carbocycles. The molecule has 0 spiro atoms. The van der Waals surface area contributed by atoms with E-state index in [1.165, 1.54) is 4.80 Å². The molecule has 1 fully saturated rings. The van der Waals surface area contributed by atoms with E-state index in [4.69, 9.17) is 9.83 Å². The summed E-state index contributed by atoms with van der Waals surface area (Å²) in [5, 5.41) is 15.8. The SMILES string of the molecule is C[C@@H]1CC[C@@H](c2nc(C(=O)C=N)c(-c3ccccc3)o2)CN1C(=O)c1ccccc1-n1nccn1. The number of nitrogens with zero attached hydrogens (tertiary/aromatic N) is 5. The normalized spacial score (nSPS) is 17.8. The van der Waals surface area contributed by atoms with Crippen LogP contribution in [-0.2, 0) is 0 Å². The number of carbonyl (C=O) groups excluding carboxylic acids is 2. The predicted molar refractivity (Wildman–Crippen MR) is 129 cm³/mol. The van der Waals surface area contributed by atoms with Crippen LogP contribution in [0.25, 0.3) is 17.0 Å². The fourth-order valence-electron chi connectivity index (χ4n) is 4.45. The molecular weight excluding hydrogens is 444 g/mol. The van der Waals surface area contributed by atoms with Crippen LogP contribution in [0.2, 0.25) is 0 Å². The van der Waals surface area contributed by atoms with Gasteiger partial charge in [-0.2, -0.15) is 15.0 Å². The molecule has 2 aromatic carbocycles. The summed E-state index contributed by atoms with van der Waals surface area (Å²) < 4.78 is 6.12. The molecule has 0 radical (unpaired) electrons. The number of benzene rings is 2. The first-order valence-electron chi connectivity index (χ1n) is 11.4. The van der Waals surface area contributed by atoms with Crippen LogP contribution in [0.5, 0.6) is 0 Å². The van der Waals surface area contributed by atoms with Gasteiger partial charge >= 0.3 is 0 Å². The van der Waals surface area contributed by atoms with Crippen molar-refractivity contribution in [1.29, 1.82) is 5.41 Å². The smallest absolute Gasteiger partial charge is 0.256 e. The second kappa shape index (κ2) is 9.46. The Morgan fingerprint density at radius 3 is 2.49 bits per heavy atom.